The van der Waals surface area contributed by atoms with E-state index in [1.165, 1.54) is 28.4 Å². The van der Waals surface area contributed by atoms with Crippen LogP contribution in [0.2, 0.25) is 0 Å². The van der Waals surface area contributed by atoms with Gasteiger partial charge in [0.25, 0.3) is 0 Å². The summed E-state index contributed by atoms with van der Waals surface area (Å²) in [6.07, 6.45) is 4.51. The number of hydrogen-bond acceptors (Lipinski definition) is 16. The minimum atomic E-state index is -0.696. The van der Waals surface area contributed by atoms with Gasteiger partial charge in [-0.15, -0.1) is 0 Å². The van der Waals surface area contributed by atoms with Crippen molar-refractivity contribution in [1.29, 1.82) is 0 Å². The summed E-state index contributed by atoms with van der Waals surface area (Å²) >= 11 is 3.50. The maximum atomic E-state index is 13.8. The molecule has 12 atom stereocenters. The monoisotopic (exact) mass is 1840 g/mol. The van der Waals surface area contributed by atoms with E-state index in [4.69, 9.17) is 33.2 Å². The standard InChI is InChI=1S/C47H57N7O6.C33H43BN4O5.C20H26BrN3O3/c1-26(2)41(51-46(57)59-7)44(55)53-24-28(5)19-39(53)37-22-35-18-17-34(21-36(35)49-37)32-11-9-30(10-12-32)31-13-15-33(16-14-31)38-23-48-43(50-38)40-20-29(6)25-54(40)45(56)42(27(3)4)52-47(58)60-8;1-20(2)28(37-31(40)41-8)30(39)38-19-21(3)17-27(38)29-35-18-26(36-29)24-11-9-22(10-12-24)23-13-15-25(16-14-23)34-42-32(4,5)33(6,7)43-34;1-11(2)18(23-20(26)27-4)19(25)24-10-12(3)7-17(24)16-8-13-5-6-14(21)9-15(13)22-16/h9-18,21-23,26-29,39-42,49H,19-20,24-25H2,1-8H3,(H,48,50)(H,51,57)(H,52,58);9-16,18,20-21,27-28H,17,19H2,1-8H3,(H,35,36)(H,37,40);5-6,8-9,11-12,17-18,22H,7,10H2,1-4H3,(H,23,26)/t28-,29-,39-,40-,41-,42-;21-,27?,28-;12-,17-,18-/m000/s1. The summed E-state index contributed by atoms with van der Waals surface area (Å²) in [6, 6.07) is 47.1. The minimum absolute atomic E-state index is 0.0284. The van der Waals surface area contributed by atoms with Gasteiger partial charge >= 0.3 is 31.5 Å². The number of alkyl carbamates (subject to hydrolysis) is 4. The predicted molar refractivity (Wildman–Crippen MR) is 508 cm³/mol. The molecule has 5 fully saturated rings. The molecule has 0 bridgehead atoms. The van der Waals surface area contributed by atoms with Gasteiger partial charge in [0.1, 0.15) is 35.8 Å². The number of hydrogen-bond donors (Lipinski definition) is 8. The Bertz CT molecular complexity index is 5650. The number of nitrogens with one attached hydrogen (secondary N) is 8. The number of aromatic nitrogens is 6. The van der Waals surface area contributed by atoms with E-state index in [9.17, 15) is 38.4 Å². The van der Waals surface area contributed by atoms with E-state index in [-0.39, 0.29) is 95.7 Å². The van der Waals surface area contributed by atoms with Crippen LogP contribution in [0.25, 0.3) is 77.7 Å². The van der Waals surface area contributed by atoms with Gasteiger partial charge in [0.15, 0.2) is 0 Å². The number of nitrogens with zero attached hydrogens (tertiary/aromatic N) is 6. The number of likely N-dealkylation sites (tertiary alicyclic amines) is 4. The number of imidazole rings is 2. The third-order valence-electron chi connectivity index (χ3n) is 26.2. The molecule has 8 amide bonds. The Morgan fingerprint density at radius 1 is 0.385 bits per heavy atom. The molecule has 1 unspecified atom stereocenters. The van der Waals surface area contributed by atoms with Crippen molar-refractivity contribution in [3.8, 4) is 55.9 Å². The number of H-pyrrole nitrogens is 4. The quantitative estimate of drug-likeness (QED) is 0.0231. The zero-order chi connectivity index (χ0) is 93.6. The third kappa shape index (κ3) is 21.6. The highest BCUT2D eigenvalue weighted by molar-refractivity contribution is 9.10. The van der Waals surface area contributed by atoms with Gasteiger partial charge in [0, 0.05) is 53.1 Å². The number of aromatic amines is 4. The van der Waals surface area contributed by atoms with Crippen molar-refractivity contribution in [2.75, 3.05) is 54.6 Å². The summed E-state index contributed by atoms with van der Waals surface area (Å²) in [6.45, 7) is 34.6. The second-order valence-corrected chi connectivity index (χ2v) is 39.0. The Labute approximate surface area is 770 Å². The Morgan fingerprint density at radius 3 is 0.985 bits per heavy atom. The first-order valence-electron chi connectivity index (χ1n) is 45.2. The molecule has 6 aromatic carbocycles. The fourth-order valence-corrected chi connectivity index (χ4v) is 18.6. The fourth-order valence-electron chi connectivity index (χ4n) is 18.2. The van der Waals surface area contributed by atoms with Gasteiger partial charge in [-0.2, -0.15) is 0 Å². The number of methoxy groups -OCH3 is 4. The molecule has 0 saturated carbocycles. The first kappa shape index (κ1) is 95.8. The van der Waals surface area contributed by atoms with Gasteiger partial charge in [-0.05, 0) is 192 Å². The van der Waals surface area contributed by atoms with Gasteiger partial charge in [-0.3, -0.25) is 19.2 Å². The first-order chi connectivity index (χ1) is 61.8. The lowest BCUT2D eigenvalue weighted by Gasteiger charge is -2.32. The van der Waals surface area contributed by atoms with Crippen LogP contribution in [0, 0.1) is 47.3 Å². The molecule has 8 N–H and O–H groups in total. The summed E-state index contributed by atoms with van der Waals surface area (Å²) in [4.78, 5) is 133. The molecule has 130 heavy (non-hydrogen) atoms. The smallest absolute Gasteiger partial charge is 0.453 e. The van der Waals surface area contributed by atoms with E-state index in [0.29, 0.717) is 43.9 Å². The van der Waals surface area contributed by atoms with Gasteiger partial charge in [-0.1, -0.05) is 214 Å². The summed E-state index contributed by atoms with van der Waals surface area (Å²) in [5.74, 6) is 2.02. The highest BCUT2D eigenvalue weighted by Crippen LogP contribution is 2.44. The van der Waals surface area contributed by atoms with Crippen molar-refractivity contribution < 1.29 is 66.6 Å². The van der Waals surface area contributed by atoms with Gasteiger partial charge < -0.3 is 89.1 Å². The Hall–Kier alpha value is -11.8. The number of carbonyl (C=O) groups excluding carboxylic acids is 8. The molecular weight excluding hydrogens is 1710 g/mol. The number of amides is 8. The molecule has 5 aliphatic heterocycles. The molecule has 690 valence electrons. The van der Waals surface area contributed by atoms with E-state index in [1.807, 2.05) is 99.5 Å². The topological polar surface area (TPSA) is 342 Å². The molecule has 5 aliphatic rings. The second kappa shape index (κ2) is 40.7. The van der Waals surface area contributed by atoms with Crippen molar-refractivity contribution in [3.05, 3.63) is 185 Å². The number of rotatable bonds is 22. The molecular formula is C100H126BBrN14O14. The van der Waals surface area contributed by atoms with Crippen molar-refractivity contribution in [1.82, 2.24) is 70.8 Å². The first-order valence-corrected chi connectivity index (χ1v) is 46.0. The van der Waals surface area contributed by atoms with Crippen LogP contribution in [0.4, 0.5) is 19.2 Å². The van der Waals surface area contributed by atoms with Gasteiger partial charge in [0.05, 0.1) is 87.6 Å². The van der Waals surface area contributed by atoms with Crippen LogP contribution >= 0.6 is 15.9 Å². The van der Waals surface area contributed by atoms with Crippen LogP contribution < -0.4 is 26.7 Å². The van der Waals surface area contributed by atoms with Crippen molar-refractivity contribution >= 4 is 98.3 Å². The van der Waals surface area contributed by atoms with E-state index in [0.717, 1.165) is 136 Å². The van der Waals surface area contributed by atoms with E-state index < -0.39 is 48.5 Å². The van der Waals surface area contributed by atoms with Crippen LogP contribution in [-0.4, -0.2) is 195 Å². The zero-order valence-corrected chi connectivity index (χ0v) is 79.8. The second-order valence-electron chi connectivity index (χ2n) is 38.1. The molecule has 0 aliphatic carbocycles. The fraction of sp³-hybridized carbons (Fsp3) is 0.460. The largest absolute Gasteiger partial charge is 0.494 e. The lowest BCUT2D eigenvalue weighted by molar-refractivity contribution is -0.136. The maximum Gasteiger partial charge on any atom is 0.494 e. The number of carbonyl (C=O) groups is 8. The number of ether oxygens (including phenoxy) is 4. The Morgan fingerprint density at radius 2 is 0.662 bits per heavy atom. The summed E-state index contributed by atoms with van der Waals surface area (Å²) < 4.78 is 32.4. The third-order valence-corrected chi connectivity index (χ3v) is 26.7. The summed E-state index contributed by atoms with van der Waals surface area (Å²) in [7, 11) is 4.82. The number of benzene rings is 6. The Kier molecular flexibility index (Phi) is 30.0. The number of halogens is 1. The van der Waals surface area contributed by atoms with E-state index >= 15 is 0 Å². The molecule has 10 aromatic rings. The lowest BCUT2D eigenvalue weighted by atomic mass is 9.78. The van der Waals surface area contributed by atoms with E-state index in [2.05, 4.69) is 251 Å². The van der Waals surface area contributed by atoms with Crippen LogP contribution in [0.15, 0.2) is 162 Å². The average molecular weight is 1840 g/mol. The van der Waals surface area contributed by atoms with E-state index in [1.54, 1.807) is 0 Å². The van der Waals surface area contributed by atoms with Crippen molar-refractivity contribution in [2.24, 2.45) is 47.3 Å². The van der Waals surface area contributed by atoms with Gasteiger partial charge in [0.2, 0.25) is 23.6 Å². The number of fused-ring (bicyclic) bond motifs is 2. The maximum absolute atomic E-state index is 13.8. The van der Waals surface area contributed by atoms with Crippen LogP contribution in [0.3, 0.4) is 0 Å². The van der Waals surface area contributed by atoms with Crippen LogP contribution in [0.1, 0.15) is 184 Å². The highest BCUT2D eigenvalue weighted by atomic mass is 79.9. The summed E-state index contributed by atoms with van der Waals surface area (Å²) in [5.41, 5.74) is 14.6. The summed E-state index contributed by atoms with van der Waals surface area (Å²) in [5, 5.41) is 13.1. The average Bonchev–Trinajstić information content (AvgIpc) is 1.64. The molecule has 0 radical (unpaired) electrons. The highest BCUT2D eigenvalue weighted by Gasteiger charge is 2.52. The molecule has 5 saturated heterocycles. The minimum Gasteiger partial charge on any atom is -0.453 e. The SMILES string of the molecule is COC(=O)N[C@H](C(=O)N1C[C@@H](C)CC1c1ncc(-c2ccc(-c3ccc(B4OC(C)(C)C(C)(C)O4)cc3)cc2)[nH]1)C(C)C.COC(=O)N[C@H](C(=O)N1C[C@@H](C)C[C@H]1c1cc2ccc(-c3ccc(-c4ccc(-c5cnc([C@@H]6C[C@H](C)CN6C(=O)[C@@H](NC(=O)OC)C(C)C)[nH]5)cc4)cc3)cc2[nH]1)C(C)C.COC(=O)N[C@H](C(=O)N1C[C@@H](C)C[C@H]1c1cc2ccc(Br)cc2[nH]1)C(C)C. The molecule has 4 aromatic heterocycles. The van der Waals surface area contributed by atoms with Crippen molar-refractivity contribution in [3.63, 3.8) is 0 Å². The molecule has 0 spiro atoms. The van der Waals surface area contributed by atoms with Crippen molar-refractivity contribution in [2.45, 2.75) is 196 Å². The molecule has 9 heterocycles. The lowest BCUT2D eigenvalue weighted by Crippen LogP contribution is -2.51. The molecule has 28 nitrogen and oxygen atoms in total. The zero-order valence-electron chi connectivity index (χ0n) is 78.3. The normalized spacial score (nSPS) is 20.8. The van der Waals surface area contributed by atoms with Gasteiger partial charge in [-0.25, -0.2) is 29.1 Å². The molecule has 30 heteroatoms. The van der Waals surface area contributed by atoms with Crippen LogP contribution in [0.5, 0.6) is 0 Å². The predicted octanol–water partition coefficient (Wildman–Crippen LogP) is 18.0. The van der Waals surface area contributed by atoms with Crippen LogP contribution in [-0.2, 0) is 47.4 Å². The molecule has 15 rings (SSSR count). The Balaban J connectivity index is 0.000000179.